The molecule has 0 saturated heterocycles. The number of hydrogen-bond acceptors (Lipinski definition) is 2. The van der Waals surface area contributed by atoms with Crippen LogP contribution in [0.4, 0.5) is 0 Å². The molecule has 9 rings (SSSR count). The minimum Gasteiger partial charge on any atom is -0.305 e. The first kappa shape index (κ1) is 33.5. The average molecular weight is 823 g/mol. The largest absolute Gasteiger partial charge is 0.305 e. The van der Waals surface area contributed by atoms with E-state index in [1.54, 1.807) is 6.20 Å². The first-order valence-corrected chi connectivity index (χ1v) is 17.3. The van der Waals surface area contributed by atoms with Crippen LogP contribution in [0.25, 0.3) is 44.8 Å². The van der Waals surface area contributed by atoms with Gasteiger partial charge in [-0.25, -0.2) is 0 Å². The van der Waals surface area contributed by atoms with Gasteiger partial charge >= 0.3 is 0 Å². The molecule has 2 aliphatic rings. The van der Waals surface area contributed by atoms with E-state index in [0.29, 0.717) is 5.92 Å². The van der Waals surface area contributed by atoms with Crippen LogP contribution in [0.5, 0.6) is 0 Å². The number of pyridine rings is 2. The van der Waals surface area contributed by atoms with Gasteiger partial charge in [0.1, 0.15) is 0 Å². The van der Waals surface area contributed by atoms with Gasteiger partial charge in [-0.05, 0) is 93.7 Å². The van der Waals surface area contributed by atoms with Gasteiger partial charge in [0.15, 0.2) is 0 Å². The van der Waals surface area contributed by atoms with Crippen LogP contribution in [0.2, 0.25) is 0 Å². The summed E-state index contributed by atoms with van der Waals surface area (Å²) in [4.78, 5) is 8.79. The Bertz CT molecular complexity index is 2180. The molecule has 50 heavy (non-hydrogen) atoms. The van der Waals surface area contributed by atoms with Crippen LogP contribution < -0.4 is 0 Å². The van der Waals surface area contributed by atoms with Crippen LogP contribution >= 0.6 is 0 Å². The van der Waals surface area contributed by atoms with Gasteiger partial charge in [0.2, 0.25) is 0 Å². The van der Waals surface area contributed by atoms with Gasteiger partial charge in [0.25, 0.3) is 0 Å². The summed E-state index contributed by atoms with van der Waals surface area (Å²) in [6, 6.07) is 56.4. The van der Waals surface area contributed by atoms with Crippen LogP contribution in [0.1, 0.15) is 54.0 Å². The van der Waals surface area contributed by atoms with Crippen molar-refractivity contribution in [3.8, 4) is 44.8 Å². The van der Waals surface area contributed by atoms with Crippen molar-refractivity contribution in [3.63, 3.8) is 0 Å². The minimum absolute atomic E-state index is 0. The average Bonchev–Trinajstić information content (AvgIpc) is 3.70. The van der Waals surface area contributed by atoms with Crippen LogP contribution in [0.15, 0.2) is 152 Å². The molecule has 247 valence electrons. The molecule has 0 bridgehead atoms. The van der Waals surface area contributed by atoms with Crippen LogP contribution in [0, 0.1) is 12.1 Å². The second kappa shape index (κ2) is 14.5. The predicted molar refractivity (Wildman–Crippen MR) is 201 cm³/mol. The van der Waals surface area contributed by atoms with E-state index in [4.69, 9.17) is 0 Å². The molecule has 2 heterocycles. The van der Waals surface area contributed by atoms with Crippen LogP contribution in [-0.4, -0.2) is 9.97 Å². The van der Waals surface area contributed by atoms with Crippen molar-refractivity contribution in [2.75, 3.05) is 0 Å². The molecule has 5 aromatic carbocycles. The topological polar surface area (TPSA) is 25.8 Å². The fourth-order valence-corrected chi connectivity index (χ4v) is 7.61. The summed E-state index contributed by atoms with van der Waals surface area (Å²) in [5, 5.41) is 0. The summed E-state index contributed by atoms with van der Waals surface area (Å²) >= 11 is 0. The molecule has 3 heteroatoms. The molecule has 7 aromatic rings. The Hall–Kier alpha value is -4.95. The monoisotopic (exact) mass is 823 g/mol. The van der Waals surface area contributed by atoms with Crippen molar-refractivity contribution in [2.45, 2.75) is 44.4 Å². The number of aromatic nitrogens is 2. The van der Waals surface area contributed by atoms with Gasteiger partial charge in [-0.1, -0.05) is 98.8 Å². The van der Waals surface area contributed by atoms with E-state index in [1.807, 2.05) is 60.8 Å². The van der Waals surface area contributed by atoms with Crippen LogP contribution in [0.3, 0.4) is 0 Å². The van der Waals surface area contributed by atoms with Crippen molar-refractivity contribution < 1.29 is 20.1 Å². The predicted octanol–water partition coefficient (Wildman–Crippen LogP) is 11.3. The zero-order valence-corrected chi connectivity index (χ0v) is 30.8. The SMILES string of the molecule is CCC(C)c1ccc(-c2ccc3c(c2)C2(Cc4c[c-]c(-c5ccccn5)cc4C2)c2ccccc2-3)cc1.[Ir].[c-]1ccccc1-c1ccccn1. The van der Waals surface area contributed by atoms with E-state index in [-0.39, 0.29) is 25.5 Å². The fraction of sp³-hybridized carbons (Fsp3) is 0.149. The molecule has 0 saturated carbocycles. The Balaban J connectivity index is 0.000000255. The third-order valence-corrected chi connectivity index (χ3v) is 10.4. The first-order chi connectivity index (χ1) is 24.1. The minimum atomic E-state index is -0.0302. The molecule has 0 aliphatic heterocycles. The number of rotatable bonds is 5. The van der Waals surface area contributed by atoms with Crippen molar-refractivity contribution in [1.29, 1.82) is 0 Å². The Morgan fingerprint density at radius 2 is 1.28 bits per heavy atom. The van der Waals surface area contributed by atoms with Gasteiger partial charge in [0.05, 0.1) is 0 Å². The second-order valence-electron chi connectivity index (χ2n) is 13.3. The maximum atomic E-state index is 4.57. The van der Waals surface area contributed by atoms with Gasteiger partial charge in [-0.2, -0.15) is 0 Å². The molecule has 2 aliphatic carbocycles. The third kappa shape index (κ3) is 6.29. The van der Waals surface area contributed by atoms with E-state index in [2.05, 4.69) is 121 Å². The van der Waals surface area contributed by atoms with E-state index in [1.165, 1.54) is 56.5 Å². The van der Waals surface area contributed by atoms with Gasteiger partial charge in [-0.3, -0.25) is 0 Å². The maximum absolute atomic E-state index is 4.57. The molecule has 2 atom stereocenters. The Kier molecular flexibility index (Phi) is 9.72. The molecule has 0 amide bonds. The van der Waals surface area contributed by atoms with Crippen molar-refractivity contribution in [3.05, 3.63) is 192 Å². The van der Waals surface area contributed by atoms with Crippen LogP contribution in [-0.2, 0) is 38.4 Å². The molecule has 0 N–H and O–H groups in total. The molecule has 1 spiro atoms. The Morgan fingerprint density at radius 1 is 0.620 bits per heavy atom. The summed E-state index contributed by atoms with van der Waals surface area (Å²) < 4.78 is 0. The molecule has 2 nitrogen and oxygen atoms in total. The van der Waals surface area contributed by atoms with Gasteiger partial charge in [-0.15, -0.1) is 70.8 Å². The number of nitrogens with zero attached hydrogens (tertiary/aromatic N) is 2. The fourth-order valence-electron chi connectivity index (χ4n) is 7.61. The number of fused-ring (bicyclic) bond motifs is 6. The van der Waals surface area contributed by atoms with Crippen molar-refractivity contribution in [1.82, 2.24) is 9.97 Å². The van der Waals surface area contributed by atoms with Gasteiger partial charge < -0.3 is 9.97 Å². The van der Waals surface area contributed by atoms with E-state index >= 15 is 0 Å². The molecular weight excluding hydrogens is 785 g/mol. The number of benzene rings is 5. The van der Waals surface area contributed by atoms with E-state index in [9.17, 15) is 0 Å². The normalized spacial score (nSPS) is 15.6. The Labute approximate surface area is 309 Å². The molecule has 0 fully saturated rings. The smallest absolute Gasteiger partial charge is 0.0201 e. The standard InChI is InChI=1S/C36H30N.C11H8N.Ir/c1-3-24(2)25-11-13-26(14-12-25)27-17-18-32-31-8-4-5-9-33(31)36(34(32)21-27)22-29-16-15-28(20-30(29)23-36)35-10-6-7-19-37-35;1-2-6-10(7-3-1)11-8-4-5-9-12-11;/h4-14,16-21,24H,3,22-23H2,1-2H3;1-6,8-9H;/q2*-1;. The van der Waals surface area contributed by atoms with Gasteiger partial charge in [0, 0.05) is 37.9 Å². The zero-order chi connectivity index (χ0) is 33.2. The molecule has 2 unspecified atom stereocenters. The van der Waals surface area contributed by atoms with Crippen molar-refractivity contribution in [2.24, 2.45) is 0 Å². The summed E-state index contributed by atoms with van der Waals surface area (Å²) in [6.07, 6.45) is 6.84. The second-order valence-corrected chi connectivity index (χ2v) is 13.3. The zero-order valence-electron chi connectivity index (χ0n) is 28.4. The maximum Gasteiger partial charge on any atom is 0.0201 e. The summed E-state index contributed by atoms with van der Waals surface area (Å²) in [5.74, 6) is 0.594. The number of hydrogen-bond donors (Lipinski definition) is 0. The molecule has 1 radical (unpaired) electrons. The van der Waals surface area contributed by atoms with E-state index in [0.717, 1.165) is 35.4 Å². The third-order valence-electron chi connectivity index (χ3n) is 10.4. The quantitative estimate of drug-likeness (QED) is 0.162. The summed E-state index contributed by atoms with van der Waals surface area (Å²) in [7, 11) is 0. The summed E-state index contributed by atoms with van der Waals surface area (Å²) in [5.41, 5.74) is 16.6. The first-order valence-electron chi connectivity index (χ1n) is 17.3. The Morgan fingerprint density at radius 3 is 1.98 bits per heavy atom. The molecule has 2 aromatic heterocycles. The van der Waals surface area contributed by atoms with Crippen molar-refractivity contribution >= 4 is 0 Å². The van der Waals surface area contributed by atoms with E-state index < -0.39 is 0 Å². The molecular formula is C47H38IrN2-2. The summed E-state index contributed by atoms with van der Waals surface area (Å²) in [6.45, 7) is 4.56.